The highest BCUT2D eigenvalue weighted by molar-refractivity contribution is 6.58. The van der Waals surface area contributed by atoms with E-state index >= 15 is 0 Å². The zero-order valence-electron chi connectivity index (χ0n) is 4.63. The van der Waals surface area contributed by atoms with Crippen molar-refractivity contribution in [3.63, 3.8) is 0 Å². The van der Waals surface area contributed by atoms with Crippen LogP contribution in [0.1, 0.15) is 0 Å². The van der Waals surface area contributed by atoms with Gasteiger partial charge in [0.1, 0.15) is 4.84 Å². The van der Waals surface area contributed by atoms with Crippen LogP contribution in [0.3, 0.4) is 0 Å². The Hall–Kier alpha value is 1.74. The van der Waals surface area contributed by atoms with Gasteiger partial charge in [-0.2, -0.15) is 0 Å². The smallest absolute Gasteiger partial charge is 0.123 e. The summed E-state index contributed by atoms with van der Waals surface area (Å²) in [4.78, 5) is -0.824. The van der Waals surface area contributed by atoms with Crippen molar-refractivity contribution in [2.45, 2.75) is 14.5 Å². The highest BCUT2D eigenvalue weighted by Crippen LogP contribution is 2.35. The molecule has 0 fully saturated rings. The lowest BCUT2D eigenvalue weighted by atomic mass is 10.3. The van der Waals surface area contributed by atoms with Crippen LogP contribution < -0.4 is 0 Å². The summed E-state index contributed by atoms with van der Waals surface area (Å²) in [7, 11) is 0. The van der Waals surface area contributed by atoms with Gasteiger partial charge in [0.05, 0.1) is 11.3 Å². The molecule has 0 saturated carbocycles. The first-order chi connectivity index (χ1) is 4.41. The molecule has 0 nitrogen and oxygen atoms in total. The quantitative estimate of drug-likeness (QED) is 0.680. The average Bonchev–Trinajstić information content (AvgIpc) is 1.86. The third kappa shape index (κ3) is 3.42. The zero-order chi connectivity index (χ0) is 8.36. The summed E-state index contributed by atoms with van der Waals surface area (Å²) in [6, 6.07) is 0. The second-order valence-corrected chi connectivity index (χ2v) is 5.07. The summed E-state index contributed by atoms with van der Waals surface area (Å²) >= 11 is 33.0. The van der Waals surface area contributed by atoms with Crippen molar-refractivity contribution in [1.82, 2.24) is 0 Å². The van der Waals surface area contributed by atoms with E-state index < -0.39 is 14.5 Å². The Labute approximate surface area is 89.7 Å². The minimum absolute atomic E-state index is 0.0137. The lowest BCUT2D eigenvalue weighted by molar-refractivity contribution is 0.816. The minimum Gasteiger partial charge on any atom is -0.123 e. The van der Waals surface area contributed by atoms with Gasteiger partial charge in [0.25, 0.3) is 0 Å². The molecular weight excluding hydrogens is 261 g/mol. The van der Waals surface area contributed by atoms with Gasteiger partial charge < -0.3 is 0 Å². The summed E-state index contributed by atoms with van der Waals surface area (Å²) in [5, 5.41) is -0.767. The number of hydrogen-bond donors (Lipinski definition) is 0. The fourth-order valence-corrected chi connectivity index (χ4v) is 1.52. The molecule has 10 heavy (non-hydrogen) atoms. The van der Waals surface area contributed by atoms with E-state index in [2.05, 4.69) is 0 Å². The first kappa shape index (κ1) is 11.7. The van der Waals surface area contributed by atoms with Crippen molar-refractivity contribution < 1.29 is 0 Å². The van der Waals surface area contributed by atoms with E-state index in [4.69, 9.17) is 69.6 Å². The van der Waals surface area contributed by atoms with E-state index in [1.807, 2.05) is 0 Å². The third-order valence-corrected chi connectivity index (χ3v) is 3.85. The summed E-state index contributed by atoms with van der Waals surface area (Å²) in [6.45, 7) is 0. The molecule has 6 heteroatoms. The van der Waals surface area contributed by atoms with Crippen LogP contribution in [-0.4, -0.2) is 20.4 Å². The molecule has 0 heterocycles. The Morgan fingerprint density at radius 3 is 1.60 bits per heavy atom. The maximum Gasteiger partial charge on any atom is 0.150 e. The Morgan fingerprint density at radius 2 is 1.50 bits per heavy atom. The molecule has 0 aliphatic rings. The molecule has 0 amide bonds. The Morgan fingerprint density at radius 1 is 1.10 bits per heavy atom. The van der Waals surface area contributed by atoms with Crippen LogP contribution >= 0.6 is 69.6 Å². The van der Waals surface area contributed by atoms with E-state index in [1.54, 1.807) is 0 Å². The van der Waals surface area contributed by atoms with Crippen molar-refractivity contribution in [2.24, 2.45) is 0 Å². The SMILES string of the molecule is ClCC(Cl)(Cl)[C@H](Cl)C(Cl)Cl. The van der Waals surface area contributed by atoms with Crippen molar-refractivity contribution >= 4 is 69.6 Å². The van der Waals surface area contributed by atoms with E-state index in [0.29, 0.717) is 0 Å². The highest BCUT2D eigenvalue weighted by atomic mass is 35.5. The number of hydrogen-bond acceptors (Lipinski definition) is 0. The number of halogens is 6. The molecule has 0 spiro atoms. The maximum absolute atomic E-state index is 5.60. The zero-order valence-corrected chi connectivity index (χ0v) is 9.17. The Balaban J connectivity index is 4.03. The highest BCUT2D eigenvalue weighted by Gasteiger charge is 2.36. The second-order valence-electron chi connectivity index (χ2n) is 1.63. The second kappa shape index (κ2) is 4.69. The molecule has 0 aliphatic heterocycles. The largest absolute Gasteiger partial charge is 0.150 e. The van der Waals surface area contributed by atoms with E-state index in [9.17, 15) is 0 Å². The van der Waals surface area contributed by atoms with Crippen molar-refractivity contribution in [2.75, 3.05) is 5.88 Å². The summed E-state index contributed by atoms with van der Waals surface area (Å²) in [5.41, 5.74) is 0. The summed E-state index contributed by atoms with van der Waals surface area (Å²) < 4.78 is -1.27. The molecule has 0 aromatic heterocycles. The molecule has 0 radical (unpaired) electrons. The van der Waals surface area contributed by atoms with Gasteiger partial charge >= 0.3 is 0 Å². The molecule has 0 N–H and O–H groups in total. The first-order valence-electron chi connectivity index (χ1n) is 2.28. The minimum atomic E-state index is -1.27. The van der Waals surface area contributed by atoms with Crippen LogP contribution in [0, 0.1) is 0 Å². The van der Waals surface area contributed by atoms with Gasteiger partial charge in [-0.05, 0) is 0 Å². The van der Waals surface area contributed by atoms with Crippen LogP contribution in [0.15, 0.2) is 0 Å². The van der Waals surface area contributed by atoms with Crippen LogP contribution in [0.4, 0.5) is 0 Å². The van der Waals surface area contributed by atoms with Crippen LogP contribution in [0.25, 0.3) is 0 Å². The fourth-order valence-electron chi connectivity index (χ4n) is 0.258. The third-order valence-electron chi connectivity index (χ3n) is 0.803. The Bertz CT molecular complexity index is 99.9. The van der Waals surface area contributed by atoms with Crippen molar-refractivity contribution in [1.29, 1.82) is 0 Å². The predicted octanol–water partition coefficient (Wildman–Crippen LogP) is 3.81. The van der Waals surface area contributed by atoms with Crippen LogP contribution in [-0.2, 0) is 0 Å². The van der Waals surface area contributed by atoms with E-state index in [0.717, 1.165) is 0 Å². The molecule has 0 unspecified atom stereocenters. The molecule has 0 saturated heterocycles. The van der Waals surface area contributed by atoms with E-state index in [1.165, 1.54) is 0 Å². The normalized spacial score (nSPS) is 15.9. The van der Waals surface area contributed by atoms with Crippen LogP contribution in [0.2, 0.25) is 0 Å². The lowest BCUT2D eigenvalue weighted by Crippen LogP contribution is -2.33. The molecule has 1 atom stereocenters. The van der Waals surface area contributed by atoms with Crippen LogP contribution in [0.5, 0.6) is 0 Å². The fraction of sp³-hybridized carbons (Fsp3) is 1.00. The molecule has 0 aromatic carbocycles. The standard InChI is InChI=1S/C4H4Cl6/c5-1-4(9,10)2(6)3(7)8/h2-3H,1H2/t2-/m1/s1. The van der Waals surface area contributed by atoms with Crippen molar-refractivity contribution in [3.8, 4) is 0 Å². The molecular formula is C4H4Cl6. The Kier molecular flexibility index (Phi) is 5.51. The first-order valence-corrected chi connectivity index (χ1v) is 4.88. The van der Waals surface area contributed by atoms with Gasteiger partial charge in [-0.1, -0.05) is 23.2 Å². The van der Waals surface area contributed by atoms with Gasteiger partial charge in [0.15, 0.2) is 4.33 Å². The van der Waals surface area contributed by atoms with Crippen molar-refractivity contribution in [3.05, 3.63) is 0 Å². The maximum atomic E-state index is 5.60. The average molecular weight is 265 g/mol. The number of rotatable bonds is 3. The van der Waals surface area contributed by atoms with Gasteiger partial charge in [0, 0.05) is 0 Å². The molecule has 0 bridgehead atoms. The molecule has 0 aromatic rings. The molecule has 62 valence electrons. The monoisotopic (exact) mass is 262 g/mol. The lowest BCUT2D eigenvalue weighted by Gasteiger charge is -2.22. The van der Waals surface area contributed by atoms with Gasteiger partial charge in [-0.3, -0.25) is 0 Å². The summed E-state index contributed by atoms with van der Waals surface area (Å²) in [5.74, 6) is -0.0137. The van der Waals surface area contributed by atoms with Gasteiger partial charge in [-0.25, -0.2) is 0 Å². The van der Waals surface area contributed by atoms with Gasteiger partial charge in [-0.15, -0.1) is 46.4 Å². The molecule has 0 aliphatic carbocycles. The summed E-state index contributed by atoms with van der Waals surface area (Å²) in [6.07, 6.45) is 0. The number of alkyl halides is 6. The van der Waals surface area contributed by atoms with E-state index in [-0.39, 0.29) is 5.88 Å². The predicted molar refractivity (Wildman–Crippen MR) is 50.3 cm³/mol. The van der Waals surface area contributed by atoms with Gasteiger partial charge in [0.2, 0.25) is 0 Å². The molecule has 0 rings (SSSR count). The topological polar surface area (TPSA) is 0 Å².